The van der Waals surface area contributed by atoms with Crippen molar-refractivity contribution >= 4 is 28.0 Å². The zero-order valence-electron chi connectivity index (χ0n) is 20.7. The average Bonchev–Trinajstić information content (AvgIpc) is 3.22. The lowest BCUT2D eigenvalue weighted by atomic mass is 10.1. The topological polar surface area (TPSA) is 124 Å². The van der Waals surface area contributed by atoms with E-state index >= 15 is 0 Å². The summed E-state index contributed by atoms with van der Waals surface area (Å²) in [5.41, 5.74) is 7.88. The molecule has 0 aliphatic carbocycles. The van der Waals surface area contributed by atoms with Gasteiger partial charge in [-0.05, 0) is 44.0 Å². The Labute approximate surface area is 206 Å². The monoisotopic (exact) mass is 506 g/mol. The summed E-state index contributed by atoms with van der Waals surface area (Å²) in [7, 11) is -1.79. The first-order valence-electron chi connectivity index (χ1n) is 11.5. The molecule has 3 rings (SSSR count). The largest absolute Gasteiger partial charge is 0.490 e. The highest BCUT2D eigenvalue weighted by molar-refractivity contribution is 7.90. The molecule has 192 valence electrons. The number of likely N-dealkylation sites (tertiary alicyclic amines) is 1. The highest BCUT2D eigenvalue weighted by Gasteiger charge is 2.30. The normalized spacial score (nSPS) is 17.4. The van der Waals surface area contributed by atoms with E-state index in [-0.39, 0.29) is 29.1 Å². The van der Waals surface area contributed by atoms with Crippen molar-refractivity contribution in [3.05, 3.63) is 47.7 Å². The van der Waals surface area contributed by atoms with Gasteiger partial charge in [-0.15, -0.1) is 0 Å². The molecule has 2 heterocycles. The zero-order chi connectivity index (χ0) is 25.8. The lowest BCUT2D eigenvalue weighted by molar-refractivity contribution is 0.0271. The number of methoxy groups -OCH3 is 1. The molecule has 2 N–H and O–H groups in total. The van der Waals surface area contributed by atoms with E-state index in [9.17, 15) is 13.2 Å². The molecule has 10 nitrogen and oxygen atoms in total. The number of rotatable bonds is 8. The van der Waals surface area contributed by atoms with Gasteiger partial charge in [-0.3, -0.25) is 0 Å². The van der Waals surface area contributed by atoms with Crippen LogP contribution in [0.4, 0.5) is 10.5 Å². The summed E-state index contributed by atoms with van der Waals surface area (Å²) in [5, 5.41) is 0. The number of fused-ring (bicyclic) bond motifs is 1. The van der Waals surface area contributed by atoms with E-state index in [1.165, 1.54) is 13.4 Å². The van der Waals surface area contributed by atoms with Crippen LogP contribution in [0.3, 0.4) is 0 Å². The summed E-state index contributed by atoms with van der Waals surface area (Å²) in [6.07, 6.45) is 3.49. The van der Waals surface area contributed by atoms with E-state index in [0.29, 0.717) is 50.4 Å². The number of hydrogen-bond donors (Lipinski definition) is 1. The van der Waals surface area contributed by atoms with Crippen molar-refractivity contribution in [2.45, 2.75) is 50.2 Å². The van der Waals surface area contributed by atoms with Gasteiger partial charge < -0.3 is 29.7 Å². The Morgan fingerprint density at radius 1 is 1.26 bits per heavy atom. The molecule has 1 aromatic rings. The third kappa shape index (κ3) is 6.27. The summed E-state index contributed by atoms with van der Waals surface area (Å²) < 4.78 is 40.9. The van der Waals surface area contributed by atoms with Gasteiger partial charge in [0.15, 0.2) is 9.84 Å². The van der Waals surface area contributed by atoms with Crippen molar-refractivity contribution in [1.82, 2.24) is 4.90 Å². The van der Waals surface area contributed by atoms with Crippen LogP contribution in [0, 0.1) is 0 Å². The molecule has 0 radical (unpaired) electrons. The molecule has 35 heavy (non-hydrogen) atoms. The number of hydrogen-bond acceptors (Lipinski definition) is 8. The van der Waals surface area contributed by atoms with Crippen LogP contribution >= 0.6 is 0 Å². The number of amides is 1. The predicted molar refractivity (Wildman–Crippen MR) is 134 cm³/mol. The molecule has 0 aromatic heterocycles. The minimum absolute atomic E-state index is 0.172. The number of aliphatic imine (C=N–C) groups is 1. The molecule has 1 saturated heterocycles. The van der Waals surface area contributed by atoms with E-state index in [2.05, 4.69) is 11.6 Å². The lowest BCUT2D eigenvalue weighted by Gasteiger charge is -2.32. The number of sulfone groups is 1. The molecule has 0 unspecified atom stereocenters. The summed E-state index contributed by atoms with van der Waals surface area (Å²) in [6, 6.07) is 5.06. The number of carbonyl (C=O) groups excluding carboxylic acids is 1. The Morgan fingerprint density at radius 2 is 1.94 bits per heavy atom. The molecule has 0 bridgehead atoms. The Kier molecular flexibility index (Phi) is 8.31. The number of nitrogens with two attached hydrogens (primary N) is 1. The maximum Gasteiger partial charge on any atom is 0.410 e. The Bertz CT molecular complexity index is 1120. The Morgan fingerprint density at radius 3 is 2.51 bits per heavy atom. The zero-order valence-corrected chi connectivity index (χ0v) is 21.5. The summed E-state index contributed by atoms with van der Waals surface area (Å²) in [4.78, 5) is 20.2. The minimum Gasteiger partial charge on any atom is -0.490 e. The van der Waals surface area contributed by atoms with Crippen LogP contribution in [0.15, 0.2) is 52.0 Å². The van der Waals surface area contributed by atoms with Gasteiger partial charge in [0.25, 0.3) is 5.88 Å². The first-order valence-corrected chi connectivity index (χ1v) is 13.4. The molecule has 0 atom stereocenters. The van der Waals surface area contributed by atoms with Crippen LogP contribution in [0.5, 0.6) is 0 Å². The van der Waals surface area contributed by atoms with Gasteiger partial charge in [0.1, 0.15) is 6.10 Å². The number of nitrogens with zero attached hydrogens (tertiary/aromatic N) is 3. The van der Waals surface area contributed by atoms with Crippen molar-refractivity contribution in [2.24, 2.45) is 10.7 Å². The molecule has 0 saturated carbocycles. The van der Waals surface area contributed by atoms with Gasteiger partial charge in [-0.25, -0.2) is 18.2 Å². The van der Waals surface area contributed by atoms with Crippen LogP contribution in [-0.2, 0) is 30.5 Å². The predicted octanol–water partition coefficient (Wildman–Crippen LogP) is 2.79. The molecule has 11 heteroatoms. The van der Waals surface area contributed by atoms with Crippen LogP contribution < -0.4 is 10.6 Å². The molecule has 1 aromatic carbocycles. The highest BCUT2D eigenvalue weighted by Crippen LogP contribution is 2.35. The lowest BCUT2D eigenvalue weighted by Crippen LogP contribution is -2.41. The fourth-order valence-electron chi connectivity index (χ4n) is 4.14. The standard InChI is InChI=1S/C24H34N4O6S/c1-16(2)33-24(29)27-11-9-19(10-12-27)34-23(26-15-25)22(32-4)17(3)28-13-8-18-14-20(35(5,30)31)6-7-21(18)28/h6-7,14-16,19H,3,8-13H2,1-2,4-5H3,(H2,25,26)/b23-22-. The second kappa shape index (κ2) is 11.0. The van der Waals surface area contributed by atoms with E-state index < -0.39 is 9.84 Å². The van der Waals surface area contributed by atoms with Gasteiger partial charge in [0.05, 0.1) is 30.1 Å². The number of ether oxygens (including phenoxy) is 3. The molecular weight excluding hydrogens is 472 g/mol. The molecular formula is C24H34N4O6S. The second-order valence-corrected chi connectivity index (χ2v) is 10.8. The summed E-state index contributed by atoms with van der Waals surface area (Å²) in [6.45, 7) is 9.44. The Balaban J connectivity index is 1.77. The van der Waals surface area contributed by atoms with Crippen molar-refractivity contribution in [2.75, 3.05) is 37.9 Å². The molecule has 0 spiro atoms. The number of carbonyl (C=O) groups is 1. The number of anilines is 1. The van der Waals surface area contributed by atoms with E-state index in [1.807, 2.05) is 18.7 Å². The quantitative estimate of drug-likeness (QED) is 0.247. The molecule has 2 aliphatic rings. The smallest absolute Gasteiger partial charge is 0.410 e. The molecule has 1 fully saturated rings. The van der Waals surface area contributed by atoms with E-state index in [4.69, 9.17) is 19.9 Å². The first kappa shape index (κ1) is 26.4. The minimum atomic E-state index is -3.30. The number of benzene rings is 1. The summed E-state index contributed by atoms with van der Waals surface area (Å²) in [5.74, 6) is 0.526. The Hall–Kier alpha value is -3.21. The van der Waals surface area contributed by atoms with Crippen molar-refractivity contribution in [1.29, 1.82) is 0 Å². The summed E-state index contributed by atoms with van der Waals surface area (Å²) >= 11 is 0. The third-order valence-electron chi connectivity index (χ3n) is 5.87. The van der Waals surface area contributed by atoms with Crippen molar-refractivity contribution < 1.29 is 27.4 Å². The van der Waals surface area contributed by atoms with Crippen LogP contribution in [0.1, 0.15) is 32.3 Å². The van der Waals surface area contributed by atoms with Gasteiger partial charge in [0.2, 0.25) is 5.76 Å². The van der Waals surface area contributed by atoms with Crippen LogP contribution in [-0.4, -0.2) is 71.0 Å². The second-order valence-electron chi connectivity index (χ2n) is 8.76. The first-order chi connectivity index (χ1) is 16.5. The fourth-order valence-corrected chi connectivity index (χ4v) is 4.81. The van der Waals surface area contributed by atoms with Crippen LogP contribution in [0.25, 0.3) is 0 Å². The molecule has 1 amide bonds. The van der Waals surface area contributed by atoms with Gasteiger partial charge in [0, 0.05) is 44.4 Å². The van der Waals surface area contributed by atoms with Gasteiger partial charge >= 0.3 is 6.09 Å². The van der Waals surface area contributed by atoms with E-state index in [1.54, 1.807) is 23.1 Å². The SMILES string of the molecule is C=C(/C(OC)=C(\N=CN)OC1CCN(C(=O)OC(C)C)CC1)N1CCc2cc(S(C)(=O)=O)ccc21. The maximum absolute atomic E-state index is 12.2. The fraction of sp³-hybridized carbons (Fsp3) is 0.500. The number of piperidine rings is 1. The van der Waals surface area contributed by atoms with Gasteiger partial charge in [-0.2, -0.15) is 0 Å². The molecule has 2 aliphatic heterocycles. The third-order valence-corrected chi connectivity index (χ3v) is 6.98. The van der Waals surface area contributed by atoms with Crippen LogP contribution in [0.2, 0.25) is 0 Å². The van der Waals surface area contributed by atoms with E-state index in [0.717, 1.165) is 17.6 Å². The average molecular weight is 507 g/mol. The van der Waals surface area contributed by atoms with Crippen molar-refractivity contribution in [3.8, 4) is 0 Å². The van der Waals surface area contributed by atoms with Crippen molar-refractivity contribution in [3.63, 3.8) is 0 Å². The highest BCUT2D eigenvalue weighted by atomic mass is 32.2. The van der Waals surface area contributed by atoms with Gasteiger partial charge in [-0.1, -0.05) is 6.58 Å². The maximum atomic E-state index is 12.2.